The molecule has 28 heavy (non-hydrogen) atoms. The van der Waals surface area contributed by atoms with Crippen LogP contribution in [-0.4, -0.2) is 38.2 Å². The van der Waals surface area contributed by atoms with E-state index in [9.17, 15) is 23.2 Å². The summed E-state index contributed by atoms with van der Waals surface area (Å²) >= 11 is 12.1. The van der Waals surface area contributed by atoms with Gasteiger partial charge in [0.2, 0.25) is 0 Å². The van der Waals surface area contributed by atoms with Crippen molar-refractivity contribution in [1.82, 2.24) is 19.6 Å². The van der Waals surface area contributed by atoms with Gasteiger partial charge in [0.05, 0.1) is 18.4 Å². The summed E-state index contributed by atoms with van der Waals surface area (Å²) in [6, 6.07) is 1.73. The zero-order valence-electron chi connectivity index (χ0n) is 14.3. The van der Waals surface area contributed by atoms with Gasteiger partial charge in [0.1, 0.15) is 16.7 Å². The number of aromatic nitrogens is 4. The predicted octanol–water partition coefficient (Wildman–Crippen LogP) is 3.58. The maximum absolute atomic E-state index is 13.2. The Morgan fingerprint density at radius 1 is 1.43 bits per heavy atom. The van der Waals surface area contributed by atoms with Gasteiger partial charge >= 0.3 is 12.1 Å². The van der Waals surface area contributed by atoms with Gasteiger partial charge in [-0.2, -0.15) is 33.3 Å². The number of nitrogens with zero attached hydrogens (tertiary/aromatic N) is 6. The lowest BCUT2D eigenvalue weighted by molar-refractivity contribution is -0.170. The van der Waals surface area contributed by atoms with E-state index in [1.54, 1.807) is 10.8 Å². The van der Waals surface area contributed by atoms with E-state index in [0.29, 0.717) is 17.9 Å². The first-order valence-electron chi connectivity index (χ1n) is 8.10. The Hall–Kier alpha value is -2.51. The number of hydrogen-bond acceptors (Lipinski definition) is 4. The van der Waals surface area contributed by atoms with Crippen LogP contribution < -0.4 is 4.90 Å². The summed E-state index contributed by atoms with van der Waals surface area (Å²) in [5.74, 6) is -2.60. The van der Waals surface area contributed by atoms with Crippen molar-refractivity contribution in [1.29, 1.82) is 5.26 Å². The average Bonchev–Trinajstić information content (AvgIpc) is 3.19. The van der Waals surface area contributed by atoms with Crippen LogP contribution in [0.15, 0.2) is 17.8 Å². The second-order valence-corrected chi connectivity index (χ2v) is 6.99. The molecular weight excluding hydrogens is 420 g/mol. The van der Waals surface area contributed by atoms with Crippen molar-refractivity contribution in [2.24, 2.45) is 0 Å². The molecule has 0 atom stereocenters. The number of aryl methyl sites for hydroxylation is 1. The summed E-state index contributed by atoms with van der Waals surface area (Å²) in [4.78, 5) is 12.3. The largest absolute Gasteiger partial charge is 0.471 e. The number of amides is 1. The number of halogens is 5. The van der Waals surface area contributed by atoms with Gasteiger partial charge in [-0.15, -0.1) is 0 Å². The van der Waals surface area contributed by atoms with E-state index in [-0.39, 0.29) is 21.4 Å². The number of hydrogen-bond donors (Lipinski definition) is 0. The molecule has 0 N–H and O–H groups in total. The summed E-state index contributed by atoms with van der Waals surface area (Å²) in [5.41, 5.74) is 0.455. The maximum atomic E-state index is 13.2. The summed E-state index contributed by atoms with van der Waals surface area (Å²) in [6.45, 7) is 3.27. The average molecular weight is 433 g/mol. The monoisotopic (exact) mass is 432 g/mol. The van der Waals surface area contributed by atoms with Crippen LogP contribution >= 0.6 is 23.2 Å². The van der Waals surface area contributed by atoms with Gasteiger partial charge in [-0.25, -0.2) is 0 Å². The lowest BCUT2D eigenvalue weighted by Gasteiger charge is -2.24. The zero-order valence-corrected chi connectivity index (χ0v) is 15.8. The van der Waals surface area contributed by atoms with Crippen LogP contribution in [0.1, 0.15) is 24.1 Å². The molecule has 0 aromatic carbocycles. The van der Waals surface area contributed by atoms with Gasteiger partial charge in [0.15, 0.2) is 11.6 Å². The molecule has 1 amide bonds. The standard InChI is InChI=1S/C16H13Cl2F3N6O/c1-9(17)8-25(15(28)16(19,20)21)14-10(6-22)7-23-27(14)13-12(18)11-4-2-3-5-26(11)24-13/h7H,1-5,8H2. The zero-order chi connectivity index (χ0) is 20.6. The van der Waals surface area contributed by atoms with Gasteiger partial charge in [0.25, 0.3) is 0 Å². The highest BCUT2D eigenvalue weighted by molar-refractivity contribution is 6.33. The molecule has 7 nitrogen and oxygen atoms in total. The van der Waals surface area contributed by atoms with E-state index in [4.69, 9.17) is 23.2 Å². The van der Waals surface area contributed by atoms with Crippen molar-refractivity contribution >= 4 is 34.9 Å². The van der Waals surface area contributed by atoms with Gasteiger partial charge in [0, 0.05) is 11.6 Å². The van der Waals surface area contributed by atoms with Crippen LogP contribution in [0.5, 0.6) is 0 Å². The number of carbonyl (C=O) groups is 1. The van der Waals surface area contributed by atoms with Crippen LogP contribution in [-0.2, 0) is 17.8 Å². The lowest BCUT2D eigenvalue weighted by Crippen LogP contribution is -2.43. The minimum absolute atomic E-state index is 0.0372. The van der Waals surface area contributed by atoms with E-state index in [1.807, 2.05) is 0 Å². The molecule has 1 aliphatic rings. The Balaban J connectivity index is 2.20. The van der Waals surface area contributed by atoms with Crippen molar-refractivity contribution < 1.29 is 18.0 Å². The quantitative estimate of drug-likeness (QED) is 0.739. The van der Waals surface area contributed by atoms with Crippen LogP contribution in [0.4, 0.5) is 19.0 Å². The molecule has 0 unspecified atom stereocenters. The highest BCUT2D eigenvalue weighted by Gasteiger charge is 2.45. The number of fused-ring (bicyclic) bond motifs is 1. The highest BCUT2D eigenvalue weighted by atomic mass is 35.5. The fourth-order valence-electron chi connectivity index (χ4n) is 2.98. The molecule has 0 radical (unpaired) electrons. The van der Waals surface area contributed by atoms with Gasteiger partial charge in [-0.3, -0.25) is 14.4 Å². The Morgan fingerprint density at radius 3 is 2.71 bits per heavy atom. The van der Waals surface area contributed by atoms with Gasteiger partial charge < -0.3 is 0 Å². The fourth-order valence-corrected chi connectivity index (χ4v) is 3.41. The normalized spacial score (nSPS) is 13.7. The SMILES string of the molecule is C=C(Cl)CN(C(=O)C(F)(F)F)c1c(C#N)cnn1-c1nn2c(c1Cl)CCCC2. The molecule has 148 valence electrons. The Kier molecular flexibility index (Phi) is 5.41. The number of nitriles is 1. The molecule has 0 spiro atoms. The topological polar surface area (TPSA) is 79.7 Å². The van der Waals surface area contributed by atoms with Crippen LogP contribution in [0.3, 0.4) is 0 Å². The van der Waals surface area contributed by atoms with E-state index in [1.165, 1.54) is 0 Å². The third-order valence-electron chi connectivity index (χ3n) is 4.15. The molecule has 0 fully saturated rings. The second kappa shape index (κ2) is 7.48. The van der Waals surface area contributed by atoms with Crippen LogP contribution in [0.2, 0.25) is 5.02 Å². The molecule has 3 heterocycles. The molecule has 1 aliphatic heterocycles. The predicted molar refractivity (Wildman–Crippen MR) is 95.4 cm³/mol. The number of carbonyl (C=O) groups excluding carboxylic acids is 1. The van der Waals surface area contributed by atoms with E-state index in [2.05, 4.69) is 16.8 Å². The summed E-state index contributed by atoms with van der Waals surface area (Å²) in [6.07, 6.45) is -1.74. The van der Waals surface area contributed by atoms with Crippen LogP contribution in [0, 0.1) is 11.3 Å². The minimum atomic E-state index is -5.20. The molecule has 12 heteroatoms. The molecule has 0 saturated heterocycles. The molecule has 0 aliphatic carbocycles. The summed E-state index contributed by atoms with van der Waals surface area (Å²) in [7, 11) is 0. The number of anilines is 1. The van der Waals surface area contributed by atoms with Gasteiger partial charge in [-0.05, 0) is 19.3 Å². The van der Waals surface area contributed by atoms with E-state index < -0.39 is 24.4 Å². The van der Waals surface area contributed by atoms with Crippen molar-refractivity contribution in [2.75, 3.05) is 11.4 Å². The van der Waals surface area contributed by atoms with E-state index in [0.717, 1.165) is 29.4 Å². The van der Waals surface area contributed by atoms with Crippen molar-refractivity contribution in [3.63, 3.8) is 0 Å². The Bertz CT molecular complexity index is 988. The van der Waals surface area contributed by atoms with Crippen molar-refractivity contribution in [3.05, 3.63) is 34.1 Å². The number of rotatable bonds is 4. The van der Waals surface area contributed by atoms with Gasteiger partial charge in [-0.1, -0.05) is 29.8 Å². The first kappa shape index (κ1) is 20.2. The third kappa shape index (κ3) is 3.59. The third-order valence-corrected chi connectivity index (χ3v) is 4.65. The Morgan fingerprint density at radius 2 is 2.14 bits per heavy atom. The lowest BCUT2D eigenvalue weighted by atomic mass is 10.1. The molecule has 0 bridgehead atoms. The van der Waals surface area contributed by atoms with Crippen LogP contribution in [0.25, 0.3) is 5.82 Å². The molecular formula is C16H13Cl2F3N6O. The molecule has 2 aromatic rings. The fraction of sp³-hybridized carbons (Fsp3) is 0.375. The molecule has 0 saturated carbocycles. The first-order chi connectivity index (χ1) is 13.1. The molecule has 3 rings (SSSR count). The minimum Gasteiger partial charge on any atom is -0.282 e. The van der Waals surface area contributed by atoms with Crippen molar-refractivity contribution in [3.8, 4) is 11.9 Å². The van der Waals surface area contributed by atoms with E-state index >= 15 is 0 Å². The summed E-state index contributed by atoms with van der Waals surface area (Å²) in [5, 5.41) is 17.6. The number of alkyl halides is 3. The maximum Gasteiger partial charge on any atom is 0.471 e. The first-order valence-corrected chi connectivity index (χ1v) is 8.86. The Labute approximate surface area is 167 Å². The second-order valence-electron chi connectivity index (χ2n) is 6.08. The highest BCUT2D eigenvalue weighted by Crippen LogP contribution is 2.34. The smallest absolute Gasteiger partial charge is 0.282 e. The summed E-state index contributed by atoms with van der Waals surface area (Å²) < 4.78 is 42.1. The molecule has 2 aromatic heterocycles. The van der Waals surface area contributed by atoms with Crippen molar-refractivity contribution in [2.45, 2.75) is 32.0 Å².